The van der Waals surface area contributed by atoms with E-state index in [0.29, 0.717) is 11.4 Å². The molecule has 1 N–H and O–H groups in total. The Hall–Kier alpha value is -4.32. The SMILES string of the molecule is Cc1cccc(-c2nc3cccnn3c2-c2ccnc(NC(=O)c3ccccc3)c2)c1. The van der Waals surface area contributed by atoms with Crippen molar-refractivity contribution in [2.24, 2.45) is 0 Å². The predicted octanol–water partition coefficient (Wildman–Crippen LogP) is 5.02. The van der Waals surface area contributed by atoms with E-state index in [2.05, 4.69) is 34.5 Å². The Balaban J connectivity index is 1.60. The van der Waals surface area contributed by atoms with Gasteiger partial charge in [-0.3, -0.25) is 4.79 Å². The molecule has 1 amide bonds. The van der Waals surface area contributed by atoms with E-state index in [1.165, 1.54) is 0 Å². The van der Waals surface area contributed by atoms with Crippen LogP contribution in [0, 0.1) is 6.92 Å². The molecule has 0 saturated carbocycles. The second-order valence-electron chi connectivity index (χ2n) is 7.22. The van der Waals surface area contributed by atoms with E-state index in [-0.39, 0.29) is 5.91 Å². The summed E-state index contributed by atoms with van der Waals surface area (Å²) in [5, 5.41) is 7.39. The van der Waals surface area contributed by atoms with Crippen LogP contribution in [-0.4, -0.2) is 25.5 Å². The van der Waals surface area contributed by atoms with E-state index in [9.17, 15) is 4.79 Å². The highest BCUT2D eigenvalue weighted by atomic mass is 16.1. The summed E-state index contributed by atoms with van der Waals surface area (Å²) < 4.78 is 1.82. The lowest BCUT2D eigenvalue weighted by Crippen LogP contribution is -2.12. The molecule has 0 atom stereocenters. The van der Waals surface area contributed by atoms with Crippen LogP contribution in [0.3, 0.4) is 0 Å². The third-order valence-corrected chi connectivity index (χ3v) is 5.00. The Bertz CT molecular complexity index is 1390. The summed E-state index contributed by atoms with van der Waals surface area (Å²) in [5.74, 6) is 0.257. The zero-order valence-corrected chi connectivity index (χ0v) is 16.9. The monoisotopic (exact) mass is 405 g/mol. The summed E-state index contributed by atoms with van der Waals surface area (Å²) in [7, 11) is 0. The second-order valence-corrected chi connectivity index (χ2v) is 7.22. The van der Waals surface area contributed by atoms with Crippen molar-refractivity contribution in [3.8, 4) is 22.5 Å². The van der Waals surface area contributed by atoms with Crippen LogP contribution in [0.5, 0.6) is 0 Å². The number of hydrogen-bond acceptors (Lipinski definition) is 4. The molecule has 0 aliphatic carbocycles. The van der Waals surface area contributed by atoms with Gasteiger partial charge in [0.25, 0.3) is 5.91 Å². The molecule has 0 saturated heterocycles. The molecule has 0 aliphatic rings. The van der Waals surface area contributed by atoms with Crippen LogP contribution in [-0.2, 0) is 0 Å². The maximum atomic E-state index is 12.6. The topological polar surface area (TPSA) is 72.2 Å². The average Bonchev–Trinajstić information content (AvgIpc) is 3.19. The minimum absolute atomic E-state index is 0.208. The van der Waals surface area contributed by atoms with E-state index in [0.717, 1.165) is 33.7 Å². The number of aromatic nitrogens is 4. The minimum atomic E-state index is -0.208. The standard InChI is InChI=1S/C25H19N5O/c1-17-7-5-10-19(15-17)23-24(30-22(29-23)11-6-13-27-30)20-12-14-26-21(16-20)28-25(31)18-8-3-2-4-9-18/h2-16H,1H3,(H,26,28,31). The molecule has 3 heterocycles. The first kappa shape index (κ1) is 18.7. The molecule has 6 heteroatoms. The number of benzene rings is 2. The fraction of sp³-hybridized carbons (Fsp3) is 0.0400. The third-order valence-electron chi connectivity index (χ3n) is 5.00. The Morgan fingerprint density at radius 2 is 1.74 bits per heavy atom. The van der Waals surface area contributed by atoms with Gasteiger partial charge in [-0.1, -0.05) is 42.0 Å². The maximum Gasteiger partial charge on any atom is 0.256 e. The summed E-state index contributed by atoms with van der Waals surface area (Å²) in [5.41, 5.74) is 6.02. The van der Waals surface area contributed by atoms with Gasteiger partial charge in [-0.05, 0) is 49.4 Å². The Morgan fingerprint density at radius 1 is 0.871 bits per heavy atom. The van der Waals surface area contributed by atoms with E-state index < -0.39 is 0 Å². The molecule has 6 nitrogen and oxygen atoms in total. The lowest BCUT2D eigenvalue weighted by atomic mass is 10.0. The zero-order chi connectivity index (χ0) is 21.2. The molecule has 2 aromatic carbocycles. The smallest absolute Gasteiger partial charge is 0.256 e. The number of nitrogens with one attached hydrogen (secondary N) is 1. The number of carbonyl (C=O) groups excluding carboxylic acids is 1. The number of hydrogen-bond donors (Lipinski definition) is 1. The molecule has 0 aliphatic heterocycles. The van der Waals surface area contributed by atoms with Crippen LogP contribution in [0.1, 0.15) is 15.9 Å². The van der Waals surface area contributed by atoms with E-state index in [4.69, 9.17) is 4.98 Å². The van der Waals surface area contributed by atoms with Gasteiger partial charge < -0.3 is 5.32 Å². The molecule has 31 heavy (non-hydrogen) atoms. The quantitative estimate of drug-likeness (QED) is 0.456. The first-order valence-corrected chi connectivity index (χ1v) is 9.93. The first-order chi connectivity index (χ1) is 15.2. The molecule has 5 aromatic rings. The maximum absolute atomic E-state index is 12.6. The number of anilines is 1. The number of pyridine rings is 1. The van der Waals surface area contributed by atoms with Crippen molar-refractivity contribution in [3.05, 3.63) is 102 Å². The van der Waals surface area contributed by atoms with Crippen molar-refractivity contribution in [2.45, 2.75) is 6.92 Å². The highest BCUT2D eigenvalue weighted by Gasteiger charge is 2.18. The lowest BCUT2D eigenvalue weighted by Gasteiger charge is -2.09. The number of nitrogens with zero attached hydrogens (tertiary/aromatic N) is 4. The van der Waals surface area contributed by atoms with Crippen molar-refractivity contribution in [3.63, 3.8) is 0 Å². The lowest BCUT2D eigenvalue weighted by molar-refractivity contribution is 0.102. The van der Waals surface area contributed by atoms with Gasteiger partial charge in [-0.15, -0.1) is 0 Å². The number of imidazole rings is 1. The third kappa shape index (κ3) is 3.67. The van der Waals surface area contributed by atoms with Gasteiger partial charge in [0.1, 0.15) is 11.5 Å². The van der Waals surface area contributed by atoms with Gasteiger partial charge in [0.15, 0.2) is 5.65 Å². The fourth-order valence-electron chi connectivity index (χ4n) is 3.57. The molecule has 0 unspecified atom stereocenters. The van der Waals surface area contributed by atoms with Crippen molar-refractivity contribution in [1.82, 2.24) is 19.6 Å². The Kier molecular flexibility index (Phi) is 4.72. The van der Waals surface area contributed by atoms with Crippen molar-refractivity contribution >= 4 is 17.4 Å². The normalized spacial score (nSPS) is 10.9. The Morgan fingerprint density at radius 3 is 2.58 bits per heavy atom. The van der Waals surface area contributed by atoms with Gasteiger partial charge in [0, 0.05) is 29.1 Å². The van der Waals surface area contributed by atoms with Crippen LogP contribution < -0.4 is 5.32 Å². The molecule has 3 aromatic heterocycles. The summed E-state index contributed by atoms with van der Waals surface area (Å²) in [6, 6.07) is 24.8. The summed E-state index contributed by atoms with van der Waals surface area (Å²) in [6.45, 7) is 2.06. The molecule has 0 bridgehead atoms. The van der Waals surface area contributed by atoms with Crippen molar-refractivity contribution < 1.29 is 4.79 Å². The summed E-state index contributed by atoms with van der Waals surface area (Å²) in [6.07, 6.45) is 3.41. The zero-order valence-electron chi connectivity index (χ0n) is 16.9. The summed E-state index contributed by atoms with van der Waals surface area (Å²) in [4.78, 5) is 21.7. The van der Waals surface area contributed by atoms with Crippen LogP contribution in [0.25, 0.3) is 28.2 Å². The first-order valence-electron chi connectivity index (χ1n) is 9.93. The minimum Gasteiger partial charge on any atom is -0.307 e. The van der Waals surface area contributed by atoms with E-state index in [1.807, 2.05) is 59.1 Å². The van der Waals surface area contributed by atoms with Crippen LogP contribution >= 0.6 is 0 Å². The van der Waals surface area contributed by atoms with Gasteiger partial charge in [-0.25, -0.2) is 14.5 Å². The molecule has 150 valence electrons. The predicted molar refractivity (Wildman–Crippen MR) is 121 cm³/mol. The fourth-order valence-corrected chi connectivity index (χ4v) is 3.57. The molecule has 5 rings (SSSR count). The van der Waals surface area contributed by atoms with Gasteiger partial charge in [0.05, 0.1) is 5.69 Å². The molecular weight excluding hydrogens is 386 g/mol. The van der Waals surface area contributed by atoms with Gasteiger partial charge in [-0.2, -0.15) is 5.10 Å². The van der Waals surface area contributed by atoms with E-state index in [1.54, 1.807) is 24.5 Å². The highest BCUT2D eigenvalue weighted by Crippen LogP contribution is 2.33. The largest absolute Gasteiger partial charge is 0.307 e. The van der Waals surface area contributed by atoms with Gasteiger partial charge in [0.2, 0.25) is 0 Å². The Labute approximate surface area is 179 Å². The molecule has 0 spiro atoms. The highest BCUT2D eigenvalue weighted by molar-refractivity contribution is 6.04. The van der Waals surface area contributed by atoms with Gasteiger partial charge >= 0.3 is 0 Å². The number of fused-ring (bicyclic) bond motifs is 1. The number of carbonyl (C=O) groups is 1. The van der Waals surface area contributed by atoms with E-state index >= 15 is 0 Å². The number of aryl methyl sites for hydroxylation is 1. The molecular formula is C25H19N5O. The second kappa shape index (κ2) is 7.84. The van der Waals surface area contributed by atoms with Crippen molar-refractivity contribution in [1.29, 1.82) is 0 Å². The van der Waals surface area contributed by atoms with Crippen LogP contribution in [0.4, 0.5) is 5.82 Å². The number of rotatable bonds is 4. The van der Waals surface area contributed by atoms with Crippen LogP contribution in [0.2, 0.25) is 0 Å². The summed E-state index contributed by atoms with van der Waals surface area (Å²) >= 11 is 0. The van der Waals surface area contributed by atoms with Crippen molar-refractivity contribution in [2.75, 3.05) is 5.32 Å². The molecule has 0 radical (unpaired) electrons. The number of amides is 1. The molecule has 0 fully saturated rings. The van der Waals surface area contributed by atoms with Crippen LogP contribution in [0.15, 0.2) is 91.3 Å². The average molecular weight is 405 g/mol.